The van der Waals surface area contributed by atoms with Gasteiger partial charge in [-0.15, -0.1) is 0 Å². The predicted molar refractivity (Wildman–Crippen MR) is 124 cm³/mol. The molecule has 2 atom stereocenters. The molecule has 1 aromatic heterocycles. The smallest absolute Gasteiger partial charge is 0.335 e. The zero-order chi connectivity index (χ0) is 23.8. The molecule has 8 nitrogen and oxygen atoms in total. The molecule has 0 spiro atoms. The van der Waals surface area contributed by atoms with E-state index in [1.54, 1.807) is 30.5 Å². The Balaban J connectivity index is 1.83. The molecule has 1 aliphatic rings. The molecule has 1 fully saturated rings. The SMILES string of the molecule is CCO[C@@H]1CCN(S(=O)(=O)c2c(OC)cc(C)c3[nH]ccc23)[C@H](c2ccc(C(=O)O)cc2)C1. The van der Waals surface area contributed by atoms with Gasteiger partial charge >= 0.3 is 5.97 Å². The van der Waals surface area contributed by atoms with Crippen LogP contribution in [-0.2, 0) is 14.8 Å². The van der Waals surface area contributed by atoms with E-state index in [0.29, 0.717) is 30.6 Å². The highest BCUT2D eigenvalue weighted by atomic mass is 32.2. The number of nitrogens with one attached hydrogen (secondary N) is 1. The normalized spacial score (nSPS) is 19.6. The molecule has 2 heterocycles. The van der Waals surface area contributed by atoms with Crippen molar-refractivity contribution in [2.45, 2.75) is 43.7 Å². The van der Waals surface area contributed by atoms with Crippen LogP contribution in [0.5, 0.6) is 5.75 Å². The maximum Gasteiger partial charge on any atom is 0.335 e. The summed E-state index contributed by atoms with van der Waals surface area (Å²) in [6.07, 6.45) is 2.68. The topological polar surface area (TPSA) is 109 Å². The molecule has 0 radical (unpaired) electrons. The fourth-order valence-electron chi connectivity index (χ4n) is 4.62. The van der Waals surface area contributed by atoms with E-state index < -0.39 is 22.0 Å². The van der Waals surface area contributed by atoms with Crippen LogP contribution in [0.3, 0.4) is 0 Å². The molecule has 0 unspecified atom stereocenters. The minimum atomic E-state index is -3.96. The quantitative estimate of drug-likeness (QED) is 0.536. The van der Waals surface area contributed by atoms with Crippen LogP contribution in [0.2, 0.25) is 0 Å². The molecule has 1 aliphatic heterocycles. The first-order valence-electron chi connectivity index (χ1n) is 10.9. The molecule has 0 amide bonds. The van der Waals surface area contributed by atoms with Gasteiger partial charge in [0.2, 0.25) is 10.0 Å². The second-order valence-corrected chi connectivity index (χ2v) is 9.98. The van der Waals surface area contributed by atoms with Gasteiger partial charge in [-0.1, -0.05) is 12.1 Å². The van der Waals surface area contributed by atoms with Gasteiger partial charge in [0.15, 0.2) is 0 Å². The number of aromatic nitrogens is 1. The van der Waals surface area contributed by atoms with E-state index in [1.807, 2.05) is 13.8 Å². The molecular formula is C24H28N2O6S. The highest BCUT2D eigenvalue weighted by molar-refractivity contribution is 7.89. The first-order valence-corrected chi connectivity index (χ1v) is 12.3. The van der Waals surface area contributed by atoms with Crippen LogP contribution in [0.15, 0.2) is 47.5 Å². The number of hydrogen-bond donors (Lipinski definition) is 2. The lowest BCUT2D eigenvalue weighted by atomic mass is 9.94. The first kappa shape index (κ1) is 23.3. The van der Waals surface area contributed by atoms with Crippen LogP contribution in [0.25, 0.3) is 10.9 Å². The van der Waals surface area contributed by atoms with Gasteiger partial charge < -0.3 is 19.6 Å². The van der Waals surface area contributed by atoms with Crippen molar-refractivity contribution in [3.05, 3.63) is 59.3 Å². The lowest BCUT2D eigenvalue weighted by molar-refractivity contribution is 0.0108. The highest BCUT2D eigenvalue weighted by Crippen LogP contribution is 2.42. The monoisotopic (exact) mass is 472 g/mol. The number of hydrogen-bond acceptors (Lipinski definition) is 5. The number of H-pyrrole nitrogens is 1. The minimum absolute atomic E-state index is 0.0854. The molecule has 9 heteroatoms. The lowest BCUT2D eigenvalue weighted by Crippen LogP contribution is -2.43. The van der Waals surface area contributed by atoms with Crippen molar-refractivity contribution in [1.82, 2.24) is 9.29 Å². The molecule has 2 N–H and O–H groups in total. The summed E-state index contributed by atoms with van der Waals surface area (Å²) in [6.45, 7) is 4.64. The lowest BCUT2D eigenvalue weighted by Gasteiger charge is -2.39. The van der Waals surface area contributed by atoms with Crippen molar-refractivity contribution in [1.29, 1.82) is 0 Å². The number of carbonyl (C=O) groups is 1. The fraction of sp³-hybridized carbons (Fsp3) is 0.375. The third-order valence-corrected chi connectivity index (χ3v) is 8.19. The van der Waals surface area contributed by atoms with Gasteiger partial charge in [-0.2, -0.15) is 4.31 Å². The molecule has 4 rings (SSSR count). The maximum atomic E-state index is 14.1. The van der Waals surface area contributed by atoms with Gasteiger partial charge in [0.05, 0.1) is 24.8 Å². The number of carboxylic acids is 1. The molecule has 33 heavy (non-hydrogen) atoms. The van der Waals surface area contributed by atoms with Crippen LogP contribution in [0.1, 0.15) is 47.3 Å². The van der Waals surface area contributed by atoms with Crippen LogP contribution in [-0.4, -0.2) is 55.1 Å². The van der Waals surface area contributed by atoms with Gasteiger partial charge in [-0.3, -0.25) is 0 Å². The average Bonchev–Trinajstić information content (AvgIpc) is 3.29. The van der Waals surface area contributed by atoms with E-state index in [2.05, 4.69) is 4.98 Å². The van der Waals surface area contributed by atoms with E-state index in [1.165, 1.54) is 23.5 Å². The Morgan fingerprint density at radius 3 is 2.61 bits per heavy atom. The van der Waals surface area contributed by atoms with E-state index in [0.717, 1.165) is 16.6 Å². The number of aromatic carboxylic acids is 1. The number of nitrogens with zero attached hydrogens (tertiary/aromatic N) is 1. The number of rotatable bonds is 7. The molecule has 3 aromatic rings. The zero-order valence-electron chi connectivity index (χ0n) is 18.9. The standard InChI is InChI=1S/C24H28N2O6S/c1-4-32-18-10-12-26(20(14-18)16-5-7-17(8-6-16)24(27)28)33(29,30)23-19-9-11-25-22(19)15(2)13-21(23)31-3/h5-9,11,13,18,20,25H,4,10,12,14H2,1-3H3,(H,27,28)/t18-,20+/m1/s1. The Morgan fingerprint density at radius 2 is 1.97 bits per heavy atom. The van der Waals surface area contributed by atoms with E-state index >= 15 is 0 Å². The van der Waals surface area contributed by atoms with Gasteiger partial charge in [-0.05, 0) is 62.1 Å². The number of ether oxygens (including phenoxy) is 2. The van der Waals surface area contributed by atoms with Gasteiger partial charge in [0, 0.05) is 30.3 Å². The Kier molecular flexibility index (Phi) is 6.47. The Bertz CT molecular complexity index is 1270. The van der Waals surface area contributed by atoms with Gasteiger partial charge in [-0.25, -0.2) is 13.2 Å². The molecule has 0 saturated carbocycles. The number of aryl methyl sites for hydroxylation is 1. The summed E-state index contributed by atoms with van der Waals surface area (Å²) < 4.78 is 41.1. The summed E-state index contributed by atoms with van der Waals surface area (Å²) >= 11 is 0. The largest absolute Gasteiger partial charge is 0.495 e. The van der Waals surface area contributed by atoms with Crippen molar-refractivity contribution in [2.75, 3.05) is 20.3 Å². The molecule has 0 aliphatic carbocycles. The van der Waals surface area contributed by atoms with Gasteiger partial charge in [0.25, 0.3) is 0 Å². The van der Waals surface area contributed by atoms with Crippen molar-refractivity contribution >= 4 is 26.9 Å². The summed E-state index contributed by atoms with van der Waals surface area (Å²) in [5.41, 5.74) is 2.52. The number of carboxylic acid groups (broad SMARTS) is 1. The van der Waals surface area contributed by atoms with Crippen molar-refractivity contribution in [3.8, 4) is 5.75 Å². The van der Waals surface area contributed by atoms with Crippen molar-refractivity contribution in [2.24, 2.45) is 0 Å². The molecular weight excluding hydrogens is 444 g/mol. The molecule has 0 bridgehead atoms. The first-order chi connectivity index (χ1) is 15.8. The second kappa shape index (κ2) is 9.17. The van der Waals surface area contributed by atoms with Gasteiger partial charge in [0.1, 0.15) is 10.6 Å². The summed E-state index contributed by atoms with van der Waals surface area (Å²) in [6, 6.07) is 9.36. The predicted octanol–water partition coefficient (Wildman–Crippen LogP) is 4.11. The Hall–Kier alpha value is -2.88. The third kappa shape index (κ3) is 4.23. The van der Waals surface area contributed by atoms with Crippen LogP contribution in [0.4, 0.5) is 0 Å². The maximum absolute atomic E-state index is 14.1. The zero-order valence-corrected chi connectivity index (χ0v) is 19.7. The minimum Gasteiger partial charge on any atom is -0.495 e. The average molecular weight is 473 g/mol. The van der Waals surface area contributed by atoms with E-state index in [4.69, 9.17) is 9.47 Å². The van der Waals surface area contributed by atoms with Crippen LogP contribution >= 0.6 is 0 Å². The molecule has 1 saturated heterocycles. The van der Waals surface area contributed by atoms with E-state index in [-0.39, 0.29) is 23.1 Å². The summed E-state index contributed by atoms with van der Waals surface area (Å²) in [4.78, 5) is 14.5. The number of sulfonamides is 1. The van der Waals surface area contributed by atoms with Crippen LogP contribution in [0, 0.1) is 6.92 Å². The van der Waals surface area contributed by atoms with E-state index in [9.17, 15) is 18.3 Å². The summed E-state index contributed by atoms with van der Waals surface area (Å²) in [5.74, 6) is -0.729. The number of aromatic amines is 1. The number of fused-ring (bicyclic) bond motifs is 1. The van der Waals surface area contributed by atoms with Crippen molar-refractivity contribution < 1.29 is 27.8 Å². The second-order valence-electron chi connectivity index (χ2n) is 8.15. The summed E-state index contributed by atoms with van der Waals surface area (Å²) in [5, 5.41) is 9.83. The Labute approximate surface area is 193 Å². The Morgan fingerprint density at radius 1 is 1.24 bits per heavy atom. The highest BCUT2D eigenvalue weighted by Gasteiger charge is 2.40. The third-order valence-electron chi connectivity index (χ3n) is 6.19. The molecule has 2 aromatic carbocycles. The number of benzene rings is 2. The molecule has 176 valence electrons. The fourth-order valence-corrected chi connectivity index (χ4v) is 6.59. The van der Waals surface area contributed by atoms with Crippen LogP contribution < -0.4 is 4.74 Å². The number of methoxy groups -OCH3 is 1. The summed E-state index contributed by atoms with van der Waals surface area (Å²) in [7, 11) is -2.50. The number of piperidine rings is 1. The van der Waals surface area contributed by atoms with Crippen molar-refractivity contribution in [3.63, 3.8) is 0 Å².